The summed E-state index contributed by atoms with van der Waals surface area (Å²) in [6, 6.07) is 17.6. The molecule has 3 aromatic carbocycles. The number of carbonyl (C=O) groups excluding carboxylic acids is 1. The quantitative estimate of drug-likeness (QED) is 0.172. The lowest BCUT2D eigenvalue weighted by molar-refractivity contribution is -0.118. The van der Waals surface area contributed by atoms with E-state index in [1.807, 2.05) is 6.07 Å². The van der Waals surface area contributed by atoms with Gasteiger partial charge in [0, 0.05) is 10.7 Å². The number of hydrogen-bond donors (Lipinski definition) is 1. The van der Waals surface area contributed by atoms with E-state index in [1.54, 1.807) is 54.6 Å². The molecule has 0 aromatic heterocycles. The van der Waals surface area contributed by atoms with Crippen LogP contribution in [0.5, 0.6) is 11.5 Å². The third-order valence-corrected chi connectivity index (χ3v) is 6.18. The van der Waals surface area contributed by atoms with Gasteiger partial charge >= 0.3 is 0 Å². The average Bonchev–Trinajstić information content (AvgIpc) is 2.79. The van der Waals surface area contributed by atoms with Crippen LogP contribution in [-0.4, -0.2) is 19.6 Å². The Morgan fingerprint density at radius 3 is 2.45 bits per heavy atom. The molecular weight excluding hydrogens is 598 g/mol. The third kappa shape index (κ3) is 6.78. The van der Waals surface area contributed by atoms with Crippen molar-refractivity contribution in [3.05, 3.63) is 84.4 Å². The molecule has 0 heterocycles. The van der Waals surface area contributed by atoms with Crippen molar-refractivity contribution in [2.24, 2.45) is 0 Å². The monoisotopic (exact) mass is 612 g/mol. The molecule has 0 aliphatic heterocycles. The van der Waals surface area contributed by atoms with Crippen molar-refractivity contribution in [2.45, 2.75) is 0 Å². The minimum atomic E-state index is -0.371. The molecule has 1 amide bonds. The van der Waals surface area contributed by atoms with Crippen LogP contribution in [0.2, 0.25) is 15.1 Å². The van der Waals surface area contributed by atoms with E-state index in [1.165, 1.54) is 7.11 Å². The largest absolute Gasteiger partial charge is 0.493 e. The molecule has 33 heavy (non-hydrogen) atoms. The van der Waals surface area contributed by atoms with Gasteiger partial charge in [-0.25, -0.2) is 0 Å². The number of hydrogen-bond acceptors (Lipinski definition) is 4. The van der Waals surface area contributed by atoms with Crippen molar-refractivity contribution in [1.82, 2.24) is 0 Å². The molecule has 168 valence electrons. The summed E-state index contributed by atoms with van der Waals surface area (Å²) in [6.07, 6.45) is 1.74. The predicted molar refractivity (Wildman–Crippen MR) is 141 cm³/mol. The maximum Gasteiger partial charge on any atom is 0.262 e. The molecule has 9 heteroatoms. The van der Waals surface area contributed by atoms with Gasteiger partial charge in [0.1, 0.15) is 0 Å². The molecule has 0 unspecified atom stereocenters. The van der Waals surface area contributed by atoms with E-state index in [2.05, 4.69) is 34.0 Å². The fourth-order valence-corrected chi connectivity index (χ4v) is 4.05. The van der Waals surface area contributed by atoms with Crippen molar-refractivity contribution in [2.75, 3.05) is 19.0 Å². The van der Waals surface area contributed by atoms with E-state index < -0.39 is 0 Å². The Hall–Kier alpha value is -2.44. The van der Waals surface area contributed by atoms with Crippen molar-refractivity contribution >= 4 is 80.6 Å². The predicted octanol–water partition coefficient (Wildman–Crippen LogP) is 7.34. The van der Waals surface area contributed by atoms with E-state index in [-0.39, 0.29) is 12.5 Å². The first kappa shape index (κ1) is 25.2. The Balaban J connectivity index is 1.77. The van der Waals surface area contributed by atoms with Gasteiger partial charge in [-0.2, -0.15) is 5.26 Å². The first-order chi connectivity index (χ1) is 15.8. The fraction of sp³-hybridized carbons (Fsp3) is 0.0833. The molecule has 5 nitrogen and oxygen atoms in total. The number of amides is 1. The van der Waals surface area contributed by atoms with Crippen molar-refractivity contribution in [3.8, 4) is 17.6 Å². The highest BCUT2D eigenvalue weighted by Gasteiger charge is 2.14. The highest BCUT2D eigenvalue weighted by Crippen LogP contribution is 2.35. The van der Waals surface area contributed by atoms with Gasteiger partial charge < -0.3 is 14.8 Å². The molecule has 3 rings (SSSR count). The highest BCUT2D eigenvalue weighted by atomic mass is 127. The number of methoxy groups -OCH3 is 1. The van der Waals surface area contributed by atoms with Gasteiger partial charge in [0.15, 0.2) is 18.1 Å². The molecule has 0 aliphatic carbocycles. The molecule has 0 saturated carbocycles. The van der Waals surface area contributed by atoms with E-state index in [9.17, 15) is 10.1 Å². The SMILES string of the molecule is COc1cc(/C=C(\C#N)c2ccc(Cl)cc2)cc(I)c1OCC(=O)Nc1ccc(Cl)c(Cl)c1. The number of nitriles is 1. The molecular formula is C24H16Cl3IN2O3. The maximum absolute atomic E-state index is 12.3. The minimum Gasteiger partial charge on any atom is -0.493 e. The second-order valence-electron chi connectivity index (χ2n) is 6.68. The number of benzene rings is 3. The van der Waals surface area contributed by atoms with Gasteiger partial charge in [-0.05, 0) is 82.3 Å². The molecule has 0 saturated heterocycles. The maximum atomic E-state index is 12.3. The number of carbonyl (C=O) groups is 1. The summed E-state index contributed by atoms with van der Waals surface area (Å²) in [5.74, 6) is 0.484. The summed E-state index contributed by atoms with van der Waals surface area (Å²) < 4.78 is 11.9. The number of anilines is 1. The van der Waals surface area contributed by atoms with Gasteiger partial charge in [-0.3, -0.25) is 4.79 Å². The summed E-state index contributed by atoms with van der Waals surface area (Å²) in [7, 11) is 1.51. The van der Waals surface area contributed by atoms with Crippen LogP contribution in [0.4, 0.5) is 5.69 Å². The fourth-order valence-electron chi connectivity index (χ4n) is 2.85. The third-order valence-electron chi connectivity index (χ3n) is 4.39. The second kappa shape index (κ2) is 11.6. The number of ether oxygens (including phenoxy) is 2. The van der Waals surface area contributed by atoms with E-state index in [0.717, 1.165) is 11.1 Å². The summed E-state index contributed by atoms with van der Waals surface area (Å²) in [5, 5.41) is 13.6. The van der Waals surface area contributed by atoms with Crippen LogP contribution in [0, 0.1) is 14.9 Å². The van der Waals surface area contributed by atoms with Crippen molar-refractivity contribution < 1.29 is 14.3 Å². The Morgan fingerprint density at radius 2 is 1.82 bits per heavy atom. The summed E-state index contributed by atoms with van der Waals surface area (Å²) in [6.45, 7) is -0.240. The Kier molecular flexibility index (Phi) is 8.87. The topological polar surface area (TPSA) is 71.3 Å². The Labute approximate surface area is 220 Å². The average molecular weight is 614 g/mol. The molecule has 1 N–H and O–H groups in total. The van der Waals surface area contributed by atoms with Crippen molar-refractivity contribution in [1.29, 1.82) is 5.26 Å². The number of rotatable bonds is 7. The van der Waals surface area contributed by atoms with Crippen LogP contribution in [0.3, 0.4) is 0 Å². The summed E-state index contributed by atoms with van der Waals surface area (Å²) in [5.41, 5.74) is 2.47. The summed E-state index contributed by atoms with van der Waals surface area (Å²) >= 11 is 19.9. The van der Waals surface area contributed by atoms with Crippen LogP contribution in [0.25, 0.3) is 11.6 Å². The van der Waals surface area contributed by atoms with Gasteiger partial charge in [-0.15, -0.1) is 0 Å². The van der Waals surface area contributed by atoms with E-state index in [0.29, 0.717) is 41.4 Å². The Morgan fingerprint density at radius 1 is 1.09 bits per heavy atom. The van der Waals surface area contributed by atoms with Crippen LogP contribution in [0.15, 0.2) is 54.6 Å². The van der Waals surface area contributed by atoms with Crippen LogP contribution < -0.4 is 14.8 Å². The lowest BCUT2D eigenvalue weighted by atomic mass is 10.0. The lowest BCUT2D eigenvalue weighted by Crippen LogP contribution is -2.20. The number of halogens is 4. The van der Waals surface area contributed by atoms with Gasteiger partial charge in [-0.1, -0.05) is 46.9 Å². The van der Waals surface area contributed by atoms with E-state index in [4.69, 9.17) is 44.3 Å². The normalized spacial score (nSPS) is 11.0. The van der Waals surface area contributed by atoms with Crippen LogP contribution in [-0.2, 0) is 4.79 Å². The van der Waals surface area contributed by atoms with Gasteiger partial charge in [0.2, 0.25) is 0 Å². The summed E-state index contributed by atoms with van der Waals surface area (Å²) in [4.78, 5) is 12.3. The number of allylic oxidation sites excluding steroid dienone is 1. The lowest BCUT2D eigenvalue weighted by Gasteiger charge is -2.14. The molecule has 0 spiro atoms. The zero-order valence-corrected chi connectivity index (χ0v) is 21.6. The number of nitrogens with zero attached hydrogens (tertiary/aromatic N) is 1. The Bertz CT molecular complexity index is 1260. The van der Waals surface area contributed by atoms with Gasteiger partial charge in [0.25, 0.3) is 5.91 Å². The second-order valence-corrected chi connectivity index (χ2v) is 9.09. The first-order valence-electron chi connectivity index (χ1n) is 9.43. The zero-order valence-electron chi connectivity index (χ0n) is 17.2. The van der Waals surface area contributed by atoms with Gasteiger partial charge in [0.05, 0.1) is 32.4 Å². The molecule has 3 aromatic rings. The van der Waals surface area contributed by atoms with Crippen molar-refractivity contribution in [3.63, 3.8) is 0 Å². The minimum absolute atomic E-state index is 0.240. The van der Waals surface area contributed by atoms with E-state index >= 15 is 0 Å². The first-order valence-corrected chi connectivity index (χ1v) is 11.6. The molecule has 0 radical (unpaired) electrons. The smallest absolute Gasteiger partial charge is 0.262 e. The standard InChI is InChI=1S/C24H16Cl3IN2O3/c1-32-22-10-14(8-16(12-29)15-2-4-17(25)5-3-15)9-21(28)24(22)33-13-23(31)30-18-6-7-19(26)20(27)11-18/h2-11H,13H2,1H3,(H,30,31)/b16-8+. The molecule has 0 bridgehead atoms. The molecule has 0 atom stereocenters. The van der Waals surface area contributed by atoms with Crippen LogP contribution in [0.1, 0.15) is 11.1 Å². The highest BCUT2D eigenvalue weighted by molar-refractivity contribution is 14.1. The number of nitrogens with one attached hydrogen (secondary N) is 1. The van der Waals surface area contributed by atoms with Crippen LogP contribution >= 0.6 is 57.4 Å². The molecule has 0 fully saturated rings. The molecule has 0 aliphatic rings. The zero-order chi connectivity index (χ0) is 24.0.